The molecule has 0 saturated carbocycles. The molecule has 0 saturated heterocycles. The smallest absolute Gasteiger partial charge is 0.126 e. The van der Waals surface area contributed by atoms with Gasteiger partial charge in [-0.2, -0.15) is 0 Å². The van der Waals surface area contributed by atoms with Crippen molar-refractivity contribution in [3.8, 4) is 11.5 Å². The summed E-state index contributed by atoms with van der Waals surface area (Å²) in [5, 5.41) is 19.4. The lowest BCUT2D eigenvalue weighted by Gasteiger charge is -2.26. The number of rotatable bonds is 31. The summed E-state index contributed by atoms with van der Waals surface area (Å²) in [6.07, 6.45) is 29.9. The minimum atomic E-state index is -0.00562. The second kappa shape index (κ2) is 27.7. The van der Waals surface area contributed by atoms with Crippen LogP contribution in [0.15, 0.2) is 24.3 Å². The molecule has 0 fully saturated rings. The van der Waals surface area contributed by atoms with Crippen molar-refractivity contribution in [2.24, 2.45) is 0 Å². The molecule has 2 aromatic rings. The molecular formula is C45H76O4. The van der Waals surface area contributed by atoms with E-state index >= 15 is 0 Å². The van der Waals surface area contributed by atoms with E-state index in [0.717, 1.165) is 41.9 Å². The van der Waals surface area contributed by atoms with Gasteiger partial charge < -0.3 is 19.7 Å². The molecule has 0 amide bonds. The monoisotopic (exact) mass is 681 g/mol. The molecule has 4 nitrogen and oxygen atoms in total. The molecular weight excluding hydrogens is 604 g/mol. The summed E-state index contributed by atoms with van der Waals surface area (Å²) in [4.78, 5) is 0. The van der Waals surface area contributed by atoms with Gasteiger partial charge in [-0.25, -0.2) is 0 Å². The molecule has 2 rings (SSSR count). The van der Waals surface area contributed by atoms with Crippen LogP contribution in [0.3, 0.4) is 0 Å². The van der Waals surface area contributed by atoms with Crippen LogP contribution < -0.4 is 9.47 Å². The molecule has 0 aliphatic heterocycles. The van der Waals surface area contributed by atoms with E-state index < -0.39 is 0 Å². The van der Waals surface area contributed by atoms with E-state index in [1.807, 2.05) is 0 Å². The highest BCUT2D eigenvalue weighted by molar-refractivity contribution is 5.54. The SMILES string of the molecule is CCCCCCCCCCCCc1cc(C)c(OCCO)c(C(CC)c2cc(CCCCCCCCCCCC)cc(C)c2OCCO)c1. The van der Waals surface area contributed by atoms with E-state index in [4.69, 9.17) is 9.47 Å². The van der Waals surface area contributed by atoms with Gasteiger partial charge in [0.2, 0.25) is 0 Å². The van der Waals surface area contributed by atoms with Crippen LogP contribution >= 0.6 is 0 Å². The Hall–Kier alpha value is -2.04. The van der Waals surface area contributed by atoms with Crippen LogP contribution in [0.1, 0.15) is 195 Å². The molecule has 2 aromatic carbocycles. The lowest BCUT2D eigenvalue weighted by Crippen LogP contribution is -2.13. The molecule has 4 heteroatoms. The third-order valence-corrected chi connectivity index (χ3v) is 10.2. The Morgan fingerprint density at radius 3 is 1.10 bits per heavy atom. The van der Waals surface area contributed by atoms with Gasteiger partial charge in [-0.1, -0.05) is 161 Å². The number of benzene rings is 2. The maximum absolute atomic E-state index is 9.68. The maximum Gasteiger partial charge on any atom is 0.126 e. The molecule has 0 spiro atoms. The Kier molecular flexibility index (Phi) is 24.3. The average Bonchev–Trinajstić information content (AvgIpc) is 3.09. The molecule has 0 aromatic heterocycles. The van der Waals surface area contributed by atoms with Crippen molar-refractivity contribution in [2.45, 2.75) is 188 Å². The van der Waals surface area contributed by atoms with Crippen LogP contribution in [-0.2, 0) is 12.8 Å². The third-order valence-electron chi connectivity index (χ3n) is 10.2. The van der Waals surface area contributed by atoms with Crippen molar-refractivity contribution in [2.75, 3.05) is 26.4 Å². The van der Waals surface area contributed by atoms with Crippen molar-refractivity contribution in [1.29, 1.82) is 0 Å². The summed E-state index contributed by atoms with van der Waals surface area (Å²) >= 11 is 0. The molecule has 0 heterocycles. The van der Waals surface area contributed by atoms with E-state index in [1.54, 1.807) is 0 Å². The minimum Gasteiger partial charge on any atom is -0.491 e. The first-order valence-corrected chi connectivity index (χ1v) is 20.7. The Bertz CT molecular complexity index is 1020. The molecule has 0 aliphatic carbocycles. The van der Waals surface area contributed by atoms with Crippen LogP contribution in [0.5, 0.6) is 11.5 Å². The van der Waals surface area contributed by atoms with E-state index in [9.17, 15) is 10.2 Å². The highest BCUT2D eigenvalue weighted by Crippen LogP contribution is 2.43. The zero-order valence-electron chi connectivity index (χ0n) is 32.7. The van der Waals surface area contributed by atoms with Gasteiger partial charge in [0.1, 0.15) is 24.7 Å². The molecule has 2 N–H and O–H groups in total. The van der Waals surface area contributed by atoms with Crippen LogP contribution in [0.25, 0.3) is 0 Å². The van der Waals surface area contributed by atoms with Gasteiger partial charge in [-0.3, -0.25) is 0 Å². The van der Waals surface area contributed by atoms with Crippen LogP contribution in [0.4, 0.5) is 0 Å². The fourth-order valence-corrected chi connectivity index (χ4v) is 7.49. The largest absolute Gasteiger partial charge is 0.491 e. The predicted octanol–water partition coefficient (Wildman–Crippen LogP) is 12.5. The Labute approximate surface area is 302 Å². The number of hydrogen-bond donors (Lipinski definition) is 2. The number of ether oxygens (including phenoxy) is 2. The fourth-order valence-electron chi connectivity index (χ4n) is 7.49. The number of aliphatic hydroxyl groups is 2. The number of unbranched alkanes of at least 4 members (excludes halogenated alkanes) is 18. The first-order chi connectivity index (χ1) is 24.0. The molecule has 0 unspecified atom stereocenters. The summed E-state index contributed by atoms with van der Waals surface area (Å²) in [7, 11) is 0. The first kappa shape index (κ1) is 43.1. The minimum absolute atomic E-state index is 0.00562. The van der Waals surface area contributed by atoms with Gasteiger partial charge in [-0.05, 0) is 68.2 Å². The van der Waals surface area contributed by atoms with Crippen molar-refractivity contribution >= 4 is 0 Å². The third kappa shape index (κ3) is 17.2. The molecule has 280 valence electrons. The van der Waals surface area contributed by atoms with E-state index in [-0.39, 0.29) is 32.3 Å². The van der Waals surface area contributed by atoms with Crippen molar-refractivity contribution in [3.63, 3.8) is 0 Å². The molecule has 0 bridgehead atoms. The molecule has 0 aliphatic rings. The lowest BCUT2D eigenvalue weighted by atomic mass is 9.83. The molecule has 49 heavy (non-hydrogen) atoms. The van der Waals surface area contributed by atoms with Crippen molar-refractivity contribution < 1.29 is 19.7 Å². The van der Waals surface area contributed by atoms with Gasteiger partial charge in [0.05, 0.1) is 13.2 Å². The van der Waals surface area contributed by atoms with Crippen LogP contribution in [0, 0.1) is 13.8 Å². The highest BCUT2D eigenvalue weighted by Gasteiger charge is 2.24. The average molecular weight is 681 g/mol. The Morgan fingerprint density at radius 2 is 0.796 bits per heavy atom. The molecule has 0 radical (unpaired) electrons. The predicted molar refractivity (Wildman–Crippen MR) is 211 cm³/mol. The first-order valence-electron chi connectivity index (χ1n) is 20.7. The number of hydrogen-bond acceptors (Lipinski definition) is 4. The highest BCUT2D eigenvalue weighted by atomic mass is 16.5. The topological polar surface area (TPSA) is 58.9 Å². The normalized spacial score (nSPS) is 11.5. The number of aryl methyl sites for hydroxylation is 4. The van der Waals surface area contributed by atoms with E-state index in [1.165, 1.54) is 151 Å². The summed E-state index contributed by atoms with van der Waals surface area (Å²) in [5.41, 5.74) is 7.42. The van der Waals surface area contributed by atoms with Crippen molar-refractivity contribution in [1.82, 2.24) is 0 Å². The van der Waals surface area contributed by atoms with Crippen LogP contribution in [-0.4, -0.2) is 36.6 Å². The fraction of sp³-hybridized carbons (Fsp3) is 0.733. The maximum atomic E-state index is 9.68. The standard InChI is InChI=1S/C45H76O4/c1-6-9-11-13-15-17-19-21-23-25-27-39-33-37(4)44(48-31-29-46)42(35-39)41(8-3)43-36-40(34-38(5)45(43)49-32-30-47)28-26-24-22-20-18-16-14-12-10-7-2/h33-36,41,46-47H,6-32H2,1-5H3. The van der Waals surface area contributed by atoms with E-state index in [0.29, 0.717) is 0 Å². The summed E-state index contributed by atoms with van der Waals surface area (Å²) in [5.74, 6) is 1.90. The molecule has 0 atom stereocenters. The quantitative estimate of drug-likeness (QED) is 0.0778. The van der Waals surface area contributed by atoms with Gasteiger partial charge in [0, 0.05) is 17.0 Å². The van der Waals surface area contributed by atoms with E-state index in [2.05, 4.69) is 58.9 Å². The second-order valence-electron chi connectivity index (χ2n) is 14.6. The van der Waals surface area contributed by atoms with Gasteiger partial charge in [-0.15, -0.1) is 0 Å². The summed E-state index contributed by atoms with van der Waals surface area (Å²) in [6.45, 7) is 11.7. The lowest BCUT2D eigenvalue weighted by molar-refractivity contribution is 0.197. The van der Waals surface area contributed by atoms with Gasteiger partial charge in [0.25, 0.3) is 0 Å². The van der Waals surface area contributed by atoms with Crippen molar-refractivity contribution in [3.05, 3.63) is 57.6 Å². The van der Waals surface area contributed by atoms with Gasteiger partial charge in [0.15, 0.2) is 0 Å². The number of aliphatic hydroxyl groups excluding tert-OH is 2. The second-order valence-corrected chi connectivity index (χ2v) is 14.6. The Morgan fingerprint density at radius 1 is 0.469 bits per heavy atom. The Balaban J connectivity index is 2.18. The zero-order valence-corrected chi connectivity index (χ0v) is 32.7. The van der Waals surface area contributed by atoms with Gasteiger partial charge >= 0.3 is 0 Å². The summed E-state index contributed by atoms with van der Waals surface area (Å²) in [6, 6.07) is 9.35. The zero-order chi connectivity index (χ0) is 35.5. The van der Waals surface area contributed by atoms with Crippen LogP contribution in [0.2, 0.25) is 0 Å². The summed E-state index contributed by atoms with van der Waals surface area (Å²) < 4.78 is 12.5.